The van der Waals surface area contributed by atoms with Gasteiger partial charge in [-0.3, -0.25) is 4.79 Å². The largest absolute Gasteiger partial charge is 0.342 e. The molecule has 0 aliphatic heterocycles. The van der Waals surface area contributed by atoms with Crippen molar-refractivity contribution in [1.29, 1.82) is 0 Å². The quantitative estimate of drug-likeness (QED) is 0.675. The van der Waals surface area contributed by atoms with E-state index in [4.69, 9.17) is 10.7 Å². The summed E-state index contributed by atoms with van der Waals surface area (Å²) in [6, 6.07) is 11.7. The highest BCUT2D eigenvalue weighted by Gasteiger charge is 2.30. The van der Waals surface area contributed by atoms with Crippen LogP contribution < -0.4 is 11.1 Å². The lowest BCUT2D eigenvalue weighted by Crippen LogP contribution is -2.33. The van der Waals surface area contributed by atoms with Crippen molar-refractivity contribution in [2.75, 3.05) is 6.54 Å². The van der Waals surface area contributed by atoms with Crippen LogP contribution in [-0.2, 0) is 12.8 Å². The predicted molar refractivity (Wildman–Crippen MR) is 118 cm³/mol. The first-order chi connectivity index (χ1) is 13.8. The average molecular weight is 409 g/mol. The van der Waals surface area contributed by atoms with Crippen LogP contribution in [0.15, 0.2) is 36.4 Å². The number of nitrogens with two attached hydrogens (primary N) is 1. The van der Waals surface area contributed by atoms with E-state index >= 15 is 0 Å². The normalized spacial score (nSPS) is 17.7. The number of carbonyl (C=O) groups is 1. The first-order valence-electron chi connectivity index (χ1n) is 10.2. The Kier molecular flexibility index (Phi) is 5.40. The molecule has 2 heterocycles. The molecule has 1 aliphatic carbocycles. The van der Waals surface area contributed by atoms with Crippen LogP contribution in [0.25, 0.3) is 10.3 Å². The molecule has 0 fully saturated rings. The number of carbonyl (C=O) groups excluding carboxylic acids is 1. The summed E-state index contributed by atoms with van der Waals surface area (Å²) in [6.45, 7) is 7.24. The first-order valence-corrected chi connectivity index (χ1v) is 11.0. The van der Waals surface area contributed by atoms with Crippen LogP contribution in [0.2, 0.25) is 0 Å². The summed E-state index contributed by atoms with van der Waals surface area (Å²) in [7, 11) is 0. The van der Waals surface area contributed by atoms with E-state index in [2.05, 4.69) is 37.1 Å². The molecule has 0 spiro atoms. The van der Waals surface area contributed by atoms with Crippen molar-refractivity contribution in [2.24, 2.45) is 17.1 Å². The molecule has 2 unspecified atom stereocenters. The Balaban J connectivity index is 1.57. The van der Waals surface area contributed by atoms with Gasteiger partial charge in [-0.15, -0.1) is 0 Å². The maximum Gasteiger partial charge on any atom is 0.280 e. The minimum absolute atomic E-state index is 0.196. The maximum atomic E-state index is 12.8. The van der Waals surface area contributed by atoms with Gasteiger partial charge in [0, 0.05) is 12.2 Å². The Morgan fingerprint density at radius 2 is 2.03 bits per heavy atom. The Morgan fingerprint density at radius 1 is 1.28 bits per heavy atom. The molecular weight excluding hydrogens is 380 g/mol. The Morgan fingerprint density at radius 3 is 2.72 bits per heavy atom. The smallest absolute Gasteiger partial charge is 0.280 e. The molecule has 29 heavy (non-hydrogen) atoms. The highest BCUT2D eigenvalue weighted by molar-refractivity contribution is 7.19. The highest BCUT2D eigenvalue weighted by atomic mass is 32.1. The summed E-state index contributed by atoms with van der Waals surface area (Å²) in [5.74, 6) is 0.435. The van der Waals surface area contributed by atoms with E-state index in [9.17, 15) is 4.79 Å². The van der Waals surface area contributed by atoms with Crippen LogP contribution in [-0.4, -0.2) is 22.4 Å². The van der Waals surface area contributed by atoms with Crippen LogP contribution >= 0.6 is 11.3 Å². The third-order valence-electron chi connectivity index (χ3n) is 5.92. The van der Waals surface area contributed by atoms with Crippen LogP contribution in [0.3, 0.4) is 0 Å². The monoisotopic (exact) mass is 408 g/mol. The number of pyridine rings is 1. The van der Waals surface area contributed by atoms with Crippen molar-refractivity contribution in [3.8, 4) is 0 Å². The molecule has 0 saturated carbocycles. The number of aromatic nitrogens is 2. The fourth-order valence-corrected chi connectivity index (χ4v) is 4.86. The topological polar surface area (TPSA) is 80.9 Å². The van der Waals surface area contributed by atoms with Gasteiger partial charge in [0.2, 0.25) is 0 Å². The maximum absolute atomic E-state index is 12.8. The lowest BCUT2D eigenvalue weighted by Gasteiger charge is -2.34. The number of thiazole rings is 1. The van der Waals surface area contributed by atoms with Gasteiger partial charge in [-0.05, 0) is 47.8 Å². The summed E-state index contributed by atoms with van der Waals surface area (Å²) < 4.78 is 0. The van der Waals surface area contributed by atoms with E-state index in [0.29, 0.717) is 17.5 Å². The molecule has 3 aromatic rings. The number of rotatable bonds is 4. The number of fused-ring (bicyclic) bond motifs is 2. The zero-order chi connectivity index (χ0) is 20.6. The molecule has 5 nitrogen and oxygen atoms in total. The average Bonchev–Trinajstić information content (AvgIpc) is 3.12. The zero-order valence-corrected chi connectivity index (χ0v) is 18.1. The van der Waals surface area contributed by atoms with Crippen LogP contribution in [0.1, 0.15) is 59.9 Å². The number of nitrogens with one attached hydrogen (secondary N) is 1. The molecule has 0 radical (unpaired) electrons. The van der Waals surface area contributed by atoms with Gasteiger partial charge in [0.05, 0.1) is 6.04 Å². The Bertz CT molecular complexity index is 1020. The molecule has 152 valence electrons. The number of amides is 1. The van der Waals surface area contributed by atoms with Gasteiger partial charge < -0.3 is 11.1 Å². The molecule has 4 rings (SSSR count). The van der Waals surface area contributed by atoms with Crippen molar-refractivity contribution in [2.45, 2.75) is 46.1 Å². The van der Waals surface area contributed by atoms with E-state index in [1.54, 1.807) is 0 Å². The van der Waals surface area contributed by atoms with Crippen molar-refractivity contribution in [3.63, 3.8) is 0 Å². The molecule has 0 bridgehead atoms. The number of hydrogen-bond donors (Lipinski definition) is 2. The Hall–Kier alpha value is -2.31. The van der Waals surface area contributed by atoms with Crippen LogP contribution in [0, 0.1) is 11.3 Å². The van der Waals surface area contributed by atoms with Crippen LogP contribution in [0.5, 0.6) is 0 Å². The number of aryl methyl sites for hydroxylation is 1. The minimum Gasteiger partial charge on any atom is -0.342 e. The fourth-order valence-electron chi connectivity index (χ4n) is 4.02. The number of benzene rings is 1. The van der Waals surface area contributed by atoms with Crippen molar-refractivity contribution in [1.82, 2.24) is 15.3 Å². The summed E-state index contributed by atoms with van der Waals surface area (Å²) in [5.41, 5.74) is 10.4. The van der Waals surface area contributed by atoms with Gasteiger partial charge >= 0.3 is 0 Å². The summed E-state index contributed by atoms with van der Waals surface area (Å²) in [5, 5.41) is 3.45. The van der Waals surface area contributed by atoms with Crippen LogP contribution in [0.4, 0.5) is 0 Å². The lowest BCUT2D eigenvalue weighted by molar-refractivity contribution is 0.0937. The molecule has 0 saturated heterocycles. The van der Waals surface area contributed by atoms with Crippen molar-refractivity contribution >= 4 is 27.6 Å². The molecule has 2 atom stereocenters. The molecule has 1 amide bonds. The molecule has 1 aliphatic rings. The van der Waals surface area contributed by atoms with Gasteiger partial charge in [-0.2, -0.15) is 0 Å². The van der Waals surface area contributed by atoms with Gasteiger partial charge in [0.25, 0.3) is 5.91 Å². The van der Waals surface area contributed by atoms with E-state index in [-0.39, 0.29) is 17.4 Å². The van der Waals surface area contributed by atoms with Crippen molar-refractivity contribution in [3.05, 3.63) is 58.2 Å². The van der Waals surface area contributed by atoms with Gasteiger partial charge in [0.1, 0.15) is 10.3 Å². The second-order valence-electron chi connectivity index (χ2n) is 8.92. The first kappa shape index (κ1) is 20.0. The lowest BCUT2D eigenvalue weighted by atomic mass is 9.72. The minimum atomic E-state index is -0.232. The van der Waals surface area contributed by atoms with Crippen molar-refractivity contribution < 1.29 is 4.79 Å². The molecular formula is C23H28N4OS. The molecule has 2 aromatic heterocycles. The second-order valence-corrected chi connectivity index (χ2v) is 9.89. The van der Waals surface area contributed by atoms with E-state index < -0.39 is 0 Å². The van der Waals surface area contributed by atoms with E-state index in [1.165, 1.54) is 29.0 Å². The third-order valence-corrected chi connectivity index (χ3v) is 6.88. The zero-order valence-electron chi connectivity index (χ0n) is 17.2. The fraction of sp³-hybridized carbons (Fsp3) is 0.435. The number of hydrogen-bond acceptors (Lipinski definition) is 5. The molecule has 3 N–H and O–H groups in total. The SMILES string of the molecule is CC(C)(C)C1CCc2cc3nc(C(=O)NC(CN)c4ccccc4)sc3nc2C1. The Labute approximate surface area is 175 Å². The number of nitrogens with zero attached hydrogens (tertiary/aromatic N) is 2. The predicted octanol–water partition coefficient (Wildman–Crippen LogP) is 4.27. The van der Waals surface area contributed by atoms with Gasteiger partial charge in [-0.1, -0.05) is 62.4 Å². The summed E-state index contributed by atoms with van der Waals surface area (Å²) >= 11 is 1.36. The van der Waals surface area contributed by atoms with Gasteiger partial charge in [-0.25, -0.2) is 9.97 Å². The summed E-state index contributed by atoms with van der Waals surface area (Å²) in [6.07, 6.45) is 3.20. The highest BCUT2D eigenvalue weighted by Crippen LogP contribution is 2.37. The third kappa shape index (κ3) is 4.19. The van der Waals surface area contributed by atoms with Gasteiger partial charge in [0.15, 0.2) is 5.01 Å². The summed E-state index contributed by atoms with van der Waals surface area (Å²) in [4.78, 5) is 23.1. The van der Waals surface area contributed by atoms with E-state index in [0.717, 1.165) is 28.8 Å². The second kappa shape index (κ2) is 7.84. The molecule has 1 aromatic carbocycles. The molecule has 6 heteroatoms. The van der Waals surface area contributed by atoms with E-state index in [1.807, 2.05) is 30.3 Å². The standard InChI is InChI=1S/C23H28N4OS/c1-23(2,3)16-10-9-15-11-18-21(26-17(15)12-16)29-22(27-18)20(28)25-19(13-24)14-7-5-4-6-8-14/h4-8,11,16,19H,9-10,12-13,24H2,1-3H3,(H,25,28).